The van der Waals surface area contributed by atoms with Crippen LogP contribution >= 0.6 is 0 Å². The first-order valence-corrected chi connectivity index (χ1v) is 8.80. The Kier molecular flexibility index (Phi) is 4.51. The van der Waals surface area contributed by atoms with E-state index in [9.17, 15) is 4.79 Å². The summed E-state index contributed by atoms with van der Waals surface area (Å²) in [6.07, 6.45) is 8.63. The summed E-state index contributed by atoms with van der Waals surface area (Å²) in [4.78, 5) is 29.7. The second kappa shape index (κ2) is 7.11. The van der Waals surface area contributed by atoms with Crippen molar-refractivity contribution in [1.82, 2.24) is 19.9 Å². The van der Waals surface area contributed by atoms with E-state index in [1.165, 1.54) is 0 Å². The molecule has 7 nitrogen and oxygen atoms in total. The lowest BCUT2D eigenvalue weighted by Crippen LogP contribution is -2.43. The van der Waals surface area contributed by atoms with E-state index in [1.807, 2.05) is 31.4 Å². The number of carbonyl (C=O) groups excluding carboxylic acids is 1. The monoisotopic (exact) mass is 351 g/mol. The van der Waals surface area contributed by atoms with Gasteiger partial charge in [-0.1, -0.05) is 0 Å². The van der Waals surface area contributed by atoms with E-state index in [0.29, 0.717) is 18.7 Å². The Labute approximate surface area is 151 Å². The highest BCUT2D eigenvalue weighted by Gasteiger charge is 2.28. The summed E-state index contributed by atoms with van der Waals surface area (Å²) < 4.78 is 5.35. The van der Waals surface area contributed by atoms with Crippen LogP contribution in [0.2, 0.25) is 0 Å². The molecule has 0 aromatic carbocycles. The number of piperidine rings is 1. The second-order valence-electron chi connectivity index (χ2n) is 6.65. The molecule has 1 amide bonds. The molecular formula is C19H21N5O2. The van der Waals surface area contributed by atoms with Gasteiger partial charge in [0, 0.05) is 32.5 Å². The highest BCUT2D eigenvalue weighted by atomic mass is 16.3. The van der Waals surface area contributed by atoms with Gasteiger partial charge in [0.05, 0.1) is 30.6 Å². The summed E-state index contributed by atoms with van der Waals surface area (Å²) in [5.74, 6) is 0.923. The summed E-state index contributed by atoms with van der Waals surface area (Å²) in [6.45, 7) is 2.10. The molecule has 0 aliphatic carbocycles. The average molecular weight is 351 g/mol. The van der Waals surface area contributed by atoms with E-state index in [2.05, 4.69) is 19.9 Å². The van der Waals surface area contributed by atoms with Gasteiger partial charge in [0.1, 0.15) is 11.3 Å². The zero-order valence-corrected chi connectivity index (χ0v) is 14.7. The minimum absolute atomic E-state index is 0.0266. The number of amides is 1. The fourth-order valence-electron chi connectivity index (χ4n) is 3.46. The number of carbonyl (C=O) groups is 1. The largest absolute Gasteiger partial charge is 0.467 e. The minimum Gasteiger partial charge on any atom is -0.467 e. The molecule has 1 saturated heterocycles. The van der Waals surface area contributed by atoms with Gasteiger partial charge in [0.2, 0.25) is 5.91 Å². The standard InChI is InChI=1S/C19H21N5O2/c1-23(13-16-5-3-9-26-16)19(25)14-4-2-8-24(12-14)15-10-17-18(22-11-15)21-7-6-20-17/h3,5-7,9-11,14H,2,4,8,12-13H2,1H3/t14-/m0/s1. The Morgan fingerprint density at radius 1 is 1.35 bits per heavy atom. The average Bonchev–Trinajstić information content (AvgIpc) is 3.20. The lowest BCUT2D eigenvalue weighted by Gasteiger charge is -2.35. The van der Waals surface area contributed by atoms with E-state index in [1.54, 1.807) is 23.6 Å². The number of furan rings is 1. The molecule has 1 atom stereocenters. The molecule has 26 heavy (non-hydrogen) atoms. The van der Waals surface area contributed by atoms with Crippen molar-refractivity contribution in [3.8, 4) is 0 Å². The molecule has 0 saturated carbocycles. The molecule has 1 aliphatic heterocycles. The van der Waals surface area contributed by atoms with Crippen LogP contribution in [-0.2, 0) is 11.3 Å². The Morgan fingerprint density at radius 3 is 3.08 bits per heavy atom. The number of rotatable bonds is 4. The highest BCUT2D eigenvalue weighted by molar-refractivity contribution is 5.80. The SMILES string of the molecule is CN(Cc1ccco1)C(=O)[C@H]1CCCN(c2cnc3nccnc3c2)C1. The lowest BCUT2D eigenvalue weighted by molar-refractivity contribution is -0.135. The van der Waals surface area contributed by atoms with Crippen molar-refractivity contribution in [3.63, 3.8) is 0 Å². The fraction of sp³-hybridized carbons (Fsp3) is 0.368. The number of hydrogen-bond acceptors (Lipinski definition) is 6. The second-order valence-corrected chi connectivity index (χ2v) is 6.65. The summed E-state index contributed by atoms with van der Waals surface area (Å²) in [6, 6.07) is 5.72. The van der Waals surface area contributed by atoms with Crippen LogP contribution in [0.5, 0.6) is 0 Å². The third-order valence-corrected chi connectivity index (χ3v) is 4.80. The quantitative estimate of drug-likeness (QED) is 0.719. The minimum atomic E-state index is -0.0266. The van der Waals surface area contributed by atoms with Gasteiger partial charge in [-0.15, -0.1) is 0 Å². The maximum atomic E-state index is 12.8. The highest BCUT2D eigenvalue weighted by Crippen LogP contribution is 2.25. The Hall–Kier alpha value is -2.96. The van der Waals surface area contributed by atoms with E-state index >= 15 is 0 Å². The predicted octanol–water partition coefficient (Wildman–Crippen LogP) is 2.49. The molecule has 4 rings (SSSR count). The molecule has 7 heteroatoms. The smallest absolute Gasteiger partial charge is 0.227 e. The van der Waals surface area contributed by atoms with E-state index in [4.69, 9.17) is 4.42 Å². The van der Waals surface area contributed by atoms with Crippen molar-refractivity contribution in [3.05, 3.63) is 48.8 Å². The van der Waals surface area contributed by atoms with E-state index in [-0.39, 0.29) is 11.8 Å². The van der Waals surface area contributed by atoms with Gasteiger partial charge in [-0.25, -0.2) is 9.97 Å². The van der Waals surface area contributed by atoms with Crippen LogP contribution in [0.1, 0.15) is 18.6 Å². The van der Waals surface area contributed by atoms with Gasteiger partial charge in [-0.3, -0.25) is 9.78 Å². The van der Waals surface area contributed by atoms with E-state index in [0.717, 1.165) is 36.4 Å². The Morgan fingerprint density at radius 2 is 2.23 bits per heavy atom. The van der Waals surface area contributed by atoms with Gasteiger partial charge in [0.25, 0.3) is 0 Å². The van der Waals surface area contributed by atoms with Crippen molar-refractivity contribution < 1.29 is 9.21 Å². The predicted molar refractivity (Wildman–Crippen MR) is 97.5 cm³/mol. The molecule has 0 radical (unpaired) electrons. The number of aromatic nitrogens is 3. The molecular weight excluding hydrogens is 330 g/mol. The van der Waals surface area contributed by atoms with Crippen LogP contribution in [-0.4, -0.2) is 45.9 Å². The van der Waals surface area contributed by atoms with Crippen molar-refractivity contribution >= 4 is 22.8 Å². The maximum absolute atomic E-state index is 12.8. The normalized spacial score (nSPS) is 17.4. The maximum Gasteiger partial charge on any atom is 0.227 e. The zero-order chi connectivity index (χ0) is 17.9. The van der Waals surface area contributed by atoms with Crippen LogP contribution in [0, 0.1) is 5.92 Å². The van der Waals surface area contributed by atoms with Gasteiger partial charge in [-0.2, -0.15) is 0 Å². The number of pyridine rings is 1. The number of nitrogens with zero attached hydrogens (tertiary/aromatic N) is 5. The van der Waals surface area contributed by atoms with Crippen LogP contribution in [0.3, 0.4) is 0 Å². The van der Waals surface area contributed by atoms with Crippen molar-refractivity contribution in [2.75, 3.05) is 25.0 Å². The molecule has 0 unspecified atom stereocenters. The molecule has 0 spiro atoms. The van der Waals surface area contributed by atoms with Crippen LogP contribution in [0.25, 0.3) is 11.2 Å². The molecule has 1 aliphatic rings. The zero-order valence-electron chi connectivity index (χ0n) is 14.7. The number of hydrogen-bond donors (Lipinski definition) is 0. The summed E-state index contributed by atoms with van der Waals surface area (Å²) in [5, 5.41) is 0. The lowest BCUT2D eigenvalue weighted by atomic mass is 9.96. The van der Waals surface area contributed by atoms with Gasteiger partial charge >= 0.3 is 0 Å². The molecule has 3 aromatic rings. The van der Waals surface area contributed by atoms with Gasteiger partial charge < -0.3 is 14.2 Å². The summed E-state index contributed by atoms with van der Waals surface area (Å²) >= 11 is 0. The number of anilines is 1. The summed E-state index contributed by atoms with van der Waals surface area (Å²) in [7, 11) is 1.83. The van der Waals surface area contributed by atoms with Crippen LogP contribution in [0.15, 0.2) is 47.5 Å². The molecule has 1 fully saturated rings. The van der Waals surface area contributed by atoms with Crippen molar-refractivity contribution in [2.45, 2.75) is 19.4 Å². The van der Waals surface area contributed by atoms with E-state index < -0.39 is 0 Å². The summed E-state index contributed by atoms with van der Waals surface area (Å²) in [5.41, 5.74) is 2.40. The van der Waals surface area contributed by atoms with Crippen LogP contribution < -0.4 is 4.90 Å². The number of fused-ring (bicyclic) bond motifs is 1. The first-order valence-electron chi connectivity index (χ1n) is 8.80. The van der Waals surface area contributed by atoms with Gasteiger partial charge in [0.15, 0.2) is 5.65 Å². The molecule has 4 heterocycles. The topological polar surface area (TPSA) is 75.4 Å². The third kappa shape index (κ3) is 3.37. The molecule has 3 aromatic heterocycles. The first-order chi connectivity index (χ1) is 12.7. The van der Waals surface area contributed by atoms with Crippen molar-refractivity contribution in [2.24, 2.45) is 5.92 Å². The Balaban J connectivity index is 1.46. The van der Waals surface area contributed by atoms with Gasteiger partial charge in [-0.05, 0) is 31.0 Å². The first kappa shape index (κ1) is 16.5. The Bertz CT molecular complexity index is 896. The molecule has 0 N–H and O–H groups in total. The molecule has 0 bridgehead atoms. The fourth-order valence-corrected chi connectivity index (χ4v) is 3.46. The third-order valence-electron chi connectivity index (χ3n) is 4.80. The molecule has 134 valence electrons. The van der Waals surface area contributed by atoms with Crippen molar-refractivity contribution in [1.29, 1.82) is 0 Å². The van der Waals surface area contributed by atoms with Crippen LogP contribution in [0.4, 0.5) is 5.69 Å².